The fraction of sp³-hybridized carbons (Fsp3) is 0.143. The van der Waals surface area contributed by atoms with Gasteiger partial charge < -0.3 is 9.47 Å². The normalized spacial score (nSPS) is 11.6. The first-order chi connectivity index (χ1) is 14.6. The van der Waals surface area contributed by atoms with Gasteiger partial charge in [0.2, 0.25) is 0 Å². The van der Waals surface area contributed by atoms with Crippen LogP contribution in [0.1, 0.15) is 5.56 Å². The van der Waals surface area contributed by atoms with E-state index in [0.29, 0.717) is 5.56 Å². The van der Waals surface area contributed by atoms with Crippen LogP contribution >= 0.6 is 0 Å². The third-order valence-electron chi connectivity index (χ3n) is 3.95. The second-order valence-electron chi connectivity index (χ2n) is 6.17. The molecular weight excluding hydrogens is 426 g/mol. The molecule has 2 aromatic carbocycles. The Morgan fingerprint density at radius 3 is 1.55 bits per heavy atom. The topological polar surface area (TPSA) is 55.1 Å². The number of alkyl halides is 6. The van der Waals surface area contributed by atoms with Gasteiger partial charge >= 0.3 is 12.7 Å². The minimum absolute atomic E-state index is 0.00980. The smallest absolute Gasteiger partial charge is 0.405 e. The van der Waals surface area contributed by atoms with Crippen molar-refractivity contribution >= 4 is 0 Å². The van der Waals surface area contributed by atoms with Gasteiger partial charge in [0.15, 0.2) is 0 Å². The van der Waals surface area contributed by atoms with Gasteiger partial charge in [-0.15, -0.1) is 26.3 Å². The SMILES string of the molecule is N#CCc1cc(-c2ccccc2OC(F)(F)F)nc(-c2ccccc2OC(F)(F)F)c1. The number of hydrogen-bond donors (Lipinski definition) is 0. The number of benzene rings is 2. The maximum atomic E-state index is 12.8. The maximum Gasteiger partial charge on any atom is 0.573 e. The van der Waals surface area contributed by atoms with Crippen molar-refractivity contribution in [1.82, 2.24) is 4.98 Å². The minimum atomic E-state index is -4.96. The Morgan fingerprint density at radius 1 is 0.742 bits per heavy atom. The lowest BCUT2D eigenvalue weighted by molar-refractivity contribution is -0.275. The number of para-hydroxylation sites is 2. The van der Waals surface area contributed by atoms with E-state index in [9.17, 15) is 26.3 Å². The van der Waals surface area contributed by atoms with Crippen LogP contribution in [0, 0.1) is 11.3 Å². The van der Waals surface area contributed by atoms with Crippen molar-refractivity contribution < 1.29 is 35.8 Å². The average Bonchev–Trinajstić information content (AvgIpc) is 2.66. The molecule has 0 aliphatic heterocycles. The van der Waals surface area contributed by atoms with Crippen molar-refractivity contribution in [3.8, 4) is 40.1 Å². The van der Waals surface area contributed by atoms with E-state index in [2.05, 4.69) is 14.5 Å². The van der Waals surface area contributed by atoms with Gasteiger partial charge in [-0.3, -0.25) is 0 Å². The van der Waals surface area contributed by atoms with E-state index in [4.69, 9.17) is 5.26 Å². The van der Waals surface area contributed by atoms with Crippen molar-refractivity contribution in [2.75, 3.05) is 0 Å². The Balaban J connectivity index is 2.17. The molecule has 0 saturated carbocycles. The molecule has 3 rings (SSSR count). The van der Waals surface area contributed by atoms with E-state index >= 15 is 0 Å². The number of hydrogen-bond acceptors (Lipinski definition) is 4. The molecule has 0 bridgehead atoms. The lowest BCUT2D eigenvalue weighted by Crippen LogP contribution is -2.18. The van der Waals surface area contributed by atoms with Crippen LogP contribution in [0.25, 0.3) is 22.5 Å². The van der Waals surface area contributed by atoms with Crippen molar-refractivity contribution in [3.63, 3.8) is 0 Å². The standard InChI is InChI=1S/C21H12F6N2O2/c22-20(23,24)30-18-7-3-1-5-14(18)16-11-13(9-10-28)12-17(29-16)15-6-2-4-8-19(15)31-21(25,26)27/h1-8,11-12H,9H2. The highest BCUT2D eigenvalue weighted by Gasteiger charge is 2.33. The number of rotatable bonds is 5. The number of aromatic nitrogens is 1. The Morgan fingerprint density at radius 2 is 1.16 bits per heavy atom. The van der Waals surface area contributed by atoms with Gasteiger partial charge in [0.25, 0.3) is 0 Å². The minimum Gasteiger partial charge on any atom is -0.405 e. The number of pyridine rings is 1. The Bertz CT molecular complexity index is 1040. The summed E-state index contributed by atoms with van der Waals surface area (Å²) in [5, 5.41) is 9.04. The van der Waals surface area contributed by atoms with E-state index in [-0.39, 0.29) is 28.9 Å². The number of nitrogens with zero attached hydrogens (tertiary/aromatic N) is 2. The van der Waals surface area contributed by atoms with Crippen LogP contribution in [0.3, 0.4) is 0 Å². The zero-order chi connectivity index (χ0) is 22.6. The van der Waals surface area contributed by atoms with E-state index in [1.807, 2.05) is 6.07 Å². The second-order valence-corrected chi connectivity index (χ2v) is 6.17. The molecule has 0 radical (unpaired) electrons. The van der Waals surface area contributed by atoms with Gasteiger partial charge in [-0.25, -0.2) is 4.98 Å². The lowest BCUT2D eigenvalue weighted by atomic mass is 10.0. The predicted molar refractivity (Wildman–Crippen MR) is 97.8 cm³/mol. The first-order valence-electron chi connectivity index (χ1n) is 8.64. The second kappa shape index (κ2) is 8.55. The molecule has 160 valence electrons. The molecule has 1 heterocycles. The highest BCUT2D eigenvalue weighted by molar-refractivity contribution is 5.74. The van der Waals surface area contributed by atoms with Crippen LogP contribution in [-0.2, 0) is 6.42 Å². The molecule has 0 unspecified atom stereocenters. The van der Waals surface area contributed by atoms with Gasteiger partial charge in [0, 0.05) is 11.1 Å². The highest BCUT2D eigenvalue weighted by atomic mass is 19.4. The van der Waals surface area contributed by atoms with E-state index in [1.165, 1.54) is 48.5 Å². The van der Waals surface area contributed by atoms with Crippen molar-refractivity contribution in [2.45, 2.75) is 19.1 Å². The third-order valence-corrected chi connectivity index (χ3v) is 3.95. The summed E-state index contributed by atoms with van der Waals surface area (Å²) in [6.45, 7) is 0. The van der Waals surface area contributed by atoms with Gasteiger partial charge in [0.05, 0.1) is 23.9 Å². The van der Waals surface area contributed by atoms with E-state index in [1.54, 1.807) is 0 Å². The molecule has 0 fully saturated rings. The summed E-state index contributed by atoms with van der Waals surface area (Å²) in [4.78, 5) is 4.23. The molecule has 1 aromatic heterocycles. The van der Waals surface area contributed by atoms with Crippen LogP contribution in [0.2, 0.25) is 0 Å². The predicted octanol–water partition coefficient (Wildman–Crippen LogP) is 6.28. The Labute approximate surface area is 172 Å². The molecular formula is C21H12F6N2O2. The summed E-state index contributed by atoms with van der Waals surface area (Å²) in [7, 11) is 0. The molecule has 0 N–H and O–H groups in total. The molecule has 4 nitrogen and oxygen atoms in total. The summed E-state index contributed by atoms with van der Waals surface area (Å²) < 4.78 is 84.8. The molecule has 0 spiro atoms. The van der Waals surface area contributed by atoms with Crippen molar-refractivity contribution in [2.24, 2.45) is 0 Å². The van der Waals surface area contributed by atoms with Crippen molar-refractivity contribution in [1.29, 1.82) is 5.26 Å². The van der Waals surface area contributed by atoms with Crippen molar-refractivity contribution in [3.05, 3.63) is 66.2 Å². The molecule has 0 saturated heterocycles. The fourth-order valence-electron chi connectivity index (χ4n) is 2.84. The first kappa shape index (κ1) is 22.0. The third kappa shape index (κ3) is 5.88. The Kier molecular flexibility index (Phi) is 6.06. The highest BCUT2D eigenvalue weighted by Crippen LogP contribution is 2.37. The zero-order valence-electron chi connectivity index (χ0n) is 15.5. The molecule has 0 aliphatic rings. The molecule has 3 aromatic rings. The van der Waals surface area contributed by atoms with Gasteiger partial charge in [-0.2, -0.15) is 5.26 Å². The largest absolute Gasteiger partial charge is 0.573 e. The molecule has 0 atom stereocenters. The maximum absolute atomic E-state index is 12.8. The fourth-order valence-corrected chi connectivity index (χ4v) is 2.84. The van der Waals surface area contributed by atoms with E-state index in [0.717, 1.165) is 12.1 Å². The average molecular weight is 438 g/mol. The summed E-state index contributed by atoms with van der Waals surface area (Å²) >= 11 is 0. The molecule has 31 heavy (non-hydrogen) atoms. The van der Waals surface area contributed by atoms with E-state index < -0.39 is 24.2 Å². The van der Waals surface area contributed by atoms with Crippen LogP contribution in [0.15, 0.2) is 60.7 Å². The number of halogens is 6. The van der Waals surface area contributed by atoms with Crippen LogP contribution in [0.4, 0.5) is 26.3 Å². The first-order valence-corrected chi connectivity index (χ1v) is 8.64. The summed E-state index contributed by atoms with van der Waals surface area (Å²) in [6.07, 6.45) is -10.1. The van der Waals surface area contributed by atoms with Gasteiger partial charge in [0.1, 0.15) is 11.5 Å². The number of nitriles is 1. The summed E-state index contributed by atoms with van der Waals surface area (Å²) in [5.41, 5.74) is 0.227. The molecule has 10 heteroatoms. The monoisotopic (exact) mass is 438 g/mol. The van der Waals surface area contributed by atoms with Gasteiger partial charge in [-0.1, -0.05) is 24.3 Å². The molecule has 0 amide bonds. The number of ether oxygens (including phenoxy) is 2. The van der Waals surface area contributed by atoms with Gasteiger partial charge in [-0.05, 0) is 42.0 Å². The summed E-state index contributed by atoms with van der Waals surface area (Å²) in [6, 6.07) is 15.0. The lowest BCUT2D eigenvalue weighted by Gasteiger charge is -2.16. The van der Waals surface area contributed by atoms with Crippen LogP contribution < -0.4 is 9.47 Å². The zero-order valence-corrected chi connectivity index (χ0v) is 15.5. The summed E-state index contributed by atoms with van der Waals surface area (Å²) in [5.74, 6) is -1.08. The molecule has 0 aliphatic carbocycles. The van der Waals surface area contributed by atoms with Crippen LogP contribution in [-0.4, -0.2) is 17.7 Å². The quantitative estimate of drug-likeness (QED) is 0.440. The van der Waals surface area contributed by atoms with Crippen LogP contribution in [0.5, 0.6) is 11.5 Å². The Hall–Kier alpha value is -3.74.